The maximum atomic E-state index is 5.37. The van der Waals surface area contributed by atoms with E-state index in [0.29, 0.717) is 6.54 Å². The molecule has 2 radical (unpaired) electrons. The molecule has 0 aliphatic heterocycles. The monoisotopic (exact) mass is 98.1 g/mol. The van der Waals surface area contributed by atoms with E-state index in [1.165, 1.54) is 0 Å². The highest BCUT2D eigenvalue weighted by atomic mass is 14.8. The largest absolute Gasteiger partial charge is 0.332 e. The van der Waals surface area contributed by atoms with Gasteiger partial charge in [0.15, 0.2) is 0 Å². The SMILES string of the molecule is [B][C@@](N)(CC)CN. The molecule has 4 N–H and O–H groups in total. The first-order valence-electron chi connectivity index (χ1n) is 2.40. The molecular weight excluding hydrogens is 86.9 g/mol. The number of hydrogen-bond donors (Lipinski definition) is 2. The summed E-state index contributed by atoms with van der Waals surface area (Å²) in [5.41, 5.74) is 9.90. The van der Waals surface area contributed by atoms with Crippen LogP contribution in [-0.2, 0) is 0 Å². The molecule has 0 heterocycles. The highest BCUT2D eigenvalue weighted by molar-refractivity contribution is 6.15. The first-order chi connectivity index (χ1) is 3.12. The summed E-state index contributed by atoms with van der Waals surface area (Å²) in [6.07, 6.45) is 0.726. The van der Waals surface area contributed by atoms with Crippen LogP contribution in [0.1, 0.15) is 13.3 Å². The molecule has 0 aromatic heterocycles. The lowest BCUT2D eigenvalue weighted by Gasteiger charge is -2.19. The molecule has 0 unspecified atom stereocenters. The van der Waals surface area contributed by atoms with Gasteiger partial charge in [0, 0.05) is 6.54 Å². The van der Waals surface area contributed by atoms with Gasteiger partial charge in [0.1, 0.15) is 0 Å². The lowest BCUT2D eigenvalue weighted by molar-refractivity contribution is 0.588. The van der Waals surface area contributed by atoms with Crippen LogP contribution in [0.4, 0.5) is 0 Å². The Morgan fingerprint density at radius 2 is 2.14 bits per heavy atom. The molecular formula is C4H11BN2. The molecule has 0 spiro atoms. The summed E-state index contributed by atoms with van der Waals surface area (Å²) in [4.78, 5) is 0. The Morgan fingerprint density at radius 3 is 2.14 bits per heavy atom. The summed E-state index contributed by atoms with van der Waals surface area (Å²) in [5.74, 6) is 0. The summed E-state index contributed by atoms with van der Waals surface area (Å²) in [6.45, 7) is 2.26. The van der Waals surface area contributed by atoms with Crippen molar-refractivity contribution in [2.45, 2.75) is 18.8 Å². The third-order valence-electron chi connectivity index (χ3n) is 1.04. The summed E-state index contributed by atoms with van der Waals surface area (Å²) >= 11 is 0. The number of rotatable bonds is 2. The predicted molar refractivity (Wildman–Crippen MR) is 32.0 cm³/mol. The van der Waals surface area contributed by atoms with E-state index in [-0.39, 0.29) is 0 Å². The minimum atomic E-state index is -0.639. The zero-order valence-corrected chi connectivity index (χ0v) is 4.65. The van der Waals surface area contributed by atoms with Gasteiger partial charge >= 0.3 is 0 Å². The van der Waals surface area contributed by atoms with Crippen molar-refractivity contribution >= 4 is 7.85 Å². The van der Waals surface area contributed by atoms with Crippen LogP contribution in [0.5, 0.6) is 0 Å². The summed E-state index contributed by atoms with van der Waals surface area (Å²) in [7, 11) is 5.37. The Bertz CT molecular complexity index is 47.7. The predicted octanol–water partition coefficient (Wildman–Crippen LogP) is -0.821. The molecule has 0 fully saturated rings. The molecule has 0 amide bonds. The van der Waals surface area contributed by atoms with E-state index in [0.717, 1.165) is 6.42 Å². The van der Waals surface area contributed by atoms with Crippen molar-refractivity contribution in [3.8, 4) is 0 Å². The zero-order valence-electron chi connectivity index (χ0n) is 4.65. The minimum absolute atomic E-state index is 0.351. The molecule has 40 valence electrons. The Morgan fingerprint density at radius 1 is 1.71 bits per heavy atom. The van der Waals surface area contributed by atoms with E-state index in [1.807, 2.05) is 6.92 Å². The van der Waals surface area contributed by atoms with Gasteiger partial charge in [0.2, 0.25) is 0 Å². The lowest BCUT2D eigenvalue weighted by Crippen LogP contribution is -2.46. The van der Waals surface area contributed by atoms with Gasteiger partial charge in [-0.3, -0.25) is 0 Å². The van der Waals surface area contributed by atoms with Crippen molar-refractivity contribution in [3.05, 3.63) is 0 Å². The second kappa shape index (κ2) is 2.33. The van der Waals surface area contributed by atoms with Crippen LogP contribution in [0.15, 0.2) is 0 Å². The third-order valence-corrected chi connectivity index (χ3v) is 1.04. The van der Waals surface area contributed by atoms with Crippen molar-refractivity contribution < 1.29 is 0 Å². The highest BCUT2D eigenvalue weighted by Crippen LogP contribution is 1.94. The zero-order chi connectivity index (χ0) is 5.91. The molecule has 1 atom stereocenters. The van der Waals surface area contributed by atoms with Gasteiger partial charge in [-0.15, -0.1) is 0 Å². The summed E-state index contributed by atoms with van der Waals surface area (Å²) in [5, 5.41) is 0. The van der Waals surface area contributed by atoms with Gasteiger partial charge in [0.25, 0.3) is 0 Å². The van der Waals surface area contributed by atoms with Crippen molar-refractivity contribution in [2.24, 2.45) is 11.5 Å². The smallest absolute Gasteiger partial charge is 0.0967 e. The van der Waals surface area contributed by atoms with E-state index >= 15 is 0 Å². The molecule has 0 aliphatic rings. The first-order valence-corrected chi connectivity index (χ1v) is 2.40. The standard InChI is InChI=1S/C4H11BN2/c1-2-4(5,7)3-6/h2-3,6-7H2,1H3/t4-/m1/s1. The molecule has 0 aromatic rings. The van der Waals surface area contributed by atoms with Crippen LogP contribution < -0.4 is 11.5 Å². The average molecular weight is 98.0 g/mol. The maximum Gasteiger partial charge on any atom is 0.0967 e. The lowest BCUT2D eigenvalue weighted by atomic mass is 9.77. The third kappa shape index (κ3) is 2.65. The molecule has 0 rings (SSSR count). The quantitative estimate of drug-likeness (QED) is 0.443. The molecule has 0 aromatic carbocycles. The Labute approximate surface area is 45.7 Å². The van der Waals surface area contributed by atoms with E-state index in [1.54, 1.807) is 0 Å². The minimum Gasteiger partial charge on any atom is -0.332 e. The fraction of sp³-hybridized carbons (Fsp3) is 1.00. The van der Waals surface area contributed by atoms with E-state index in [9.17, 15) is 0 Å². The van der Waals surface area contributed by atoms with Crippen LogP contribution in [-0.4, -0.2) is 19.8 Å². The van der Waals surface area contributed by atoms with Crippen molar-refractivity contribution in [3.63, 3.8) is 0 Å². The van der Waals surface area contributed by atoms with Gasteiger partial charge in [-0.1, -0.05) is 6.92 Å². The summed E-state index contributed by atoms with van der Waals surface area (Å²) in [6, 6.07) is 0. The average Bonchev–Trinajstić information content (AvgIpc) is 1.68. The van der Waals surface area contributed by atoms with Crippen molar-refractivity contribution in [1.82, 2.24) is 0 Å². The molecule has 0 saturated heterocycles. The van der Waals surface area contributed by atoms with Crippen LogP contribution in [0.2, 0.25) is 0 Å². The molecule has 0 saturated carbocycles. The molecule has 7 heavy (non-hydrogen) atoms. The van der Waals surface area contributed by atoms with E-state index < -0.39 is 5.44 Å². The van der Waals surface area contributed by atoms with Crippen LogP contribution in [0, 0.1) is 0 Å². The Balaban J connectivity index is 3.36. The summed E-state index contributed by atoms with van der Waals surface area (Å²) < 4.78 is 0. The maximum absolute atomic E-state index is 5.37. The van der Waals surface area contributed by atoms with Crippen molar-refractivity contribution in [1.29, 1.82) is 0 Å². The number of nitrogens with two attached hydrogens (primary N) is 2. The number of hydrogen-bond acceptors (Lipinski definition) is 2. The van der Waals surface area contributed by atoms with E-state index in [4.69, 9.17) is 19.3 Å². The van der Waals surface area contributed by atoms with Gasteiger partial charge in [-0.05, 0) is 11.9 Å². The van der Waals surface area contributed by atoms with Gasteiger partial charge in [-0.25, -0.2) is 0 Å². The van der Waals surface area contributed by atoms with Crippen LogP contribution in [0.25, 0.3) is 0 Å². The van der Waals surface area contributed by atoms with E-state index in [2.05, 4.69) is 0 Å². The fourth-order valence-electron chi connectivity index (χ4n) is 0.144. The Kier molecular flexibility index (Phi) is 2.33. The molecule has 3 heteroatoms. The molecule has 2 nitrogen and oxygen atoms in total. The van der Waals surface area contributed by atoms with Gasteiger partial charge < -0.3 is 11.5 Å². The topological polar surface area (TPSA) is 52.0 Å². The first kappa shape index (κ1) is 6.98. The van der Waals surface area contributed by atoms with Crippen molar-refractivity contribution in [2.75, 3.05) is 6.54 Å². The Hall–Kier alpha value is -0.0151. The van der Waals surface area contributed by atoms with Gasteiger partial charge in [0.05, 0.1) is 7.85 Å². The van der Waals surface area contributed by atoms with Gasteiger partial charge in [-0.2, -0.15) is 0 Å². The normalized spacial score (nSPS) is 18.7. The fourth-order valence-corrected chi connectivity index (χ4v) is 0.144. The van der Waals surface area contributed by atoms with Crippen LogP contribution in [0.3, 0.4) is 0 Å². The second-order valence-electron chi connectivity index (χ2n) is 1.79. The highest BCUT2D eigenvalue weighted by Gasteiger charge is 2.10. The molecule has 0 bridgehead atoms. The second-order valence-corrected chi connectivity index (χ2v) is 1.79. The van der Waals surface area contributed by atoms with Crippen LogP contribution >= 0.6 is 0 Å². The molecule has 0 aliphatic carbocycles.